The molecule has 21 heavy (non-hydrogen) atoms. The third-order valence-electron chi connectivity index (χ3n) is 3.39. The van der Waals surface area contributed by atoms with Crippen molar-refractivity contribution in [2.75, 3.05) is 0 Å². The Kier molecular flexibility index (Phi) is 4.85. The molecule has 0 amide bonds. The van der Waals surface area contributed by atoms with E-state index in [9.17, 15) is 0 Å². The fraction of sp³-hybridized carbons (Fsp3) is 0.300. The molecule has 2 rings (SSSR count). The van der Waals surface area contributed by atoms with E-state index in [2.05, 4.69) is 64.1 Å². The Hall–Kier alpha value is -2.02. The van der Waals surface area contributed by atoms with E-state index in [4.69, 9.17) is 4.74 Å². The molecular weight excluding hydrogens is 256 g/mol. The van der Waals surface area contributed by atoms with Crippen molar-refractivity contribution >= 4 is 0 Å². The number of benzene rings is 2. The molecule has 110 valence electrons. The summed E-state index contributed by atoms with van der Waals surface area (Å²) >= 11 is 0. The molecule has 0 aliphatic rings. The first-order valence-electron chi connectivity index (χ1n) is 7.54. The Balaban J connectivity index is 2.55. The largest absolute Gasteiger partial charge is 0.465 e. The van der Waals surface area contributed by atoms with Crippen molar-refractivity contribution in [3.8, 4) is 16.9 Å². The monoisotopic (exact) mass is 280 g/mol. The van der Waals surface area contributed by atoms with Crippen molar-refractivity contribution in [2.24, 2.45) is 0 Å². The molecule has 0 aliphatic carbocycles. The topological polar surface area (TPSA) is 9.23 Å². The minimum atomic E-state index is 0.0157. The molecule has 0 aromatic heterocycles. The van der Waals surface area contributed by atoms with E-state index in [1.54, 1.807) is 6.26 Å². The van der Waals surface area contributed by atoms with Crippen LogP contribution in [0.1, 0.15) is 39.7 Å². The lowest BCUT2D eigenvalue weighted by Crippen LogP contribution is -2.14. The first kappa shape index (κ1) is 15.4. The number of hydrogen-bond donors (Lipinski definition) is 0. The summed E-state index contributed by atoms with van der Waals surface area (Å²) in [7, 11) is 0. The molecule has 2 aromatic carbocycles. The highest BCUT2D eigenvalue weighted by molar-refractivity contribution is 5.71. The summed E-state index contributed by atoms with van der Waals surface area (Å²) in [6.45, 7) is 8.78. The summed E-state index contributed by atoms with van der Waals surface area (Å²) in [5, 5.41) is 0. The smallest absolute Gasteiger partial charge is 0.130 e. The van der Waals surface area contributed by atoms with Gasteiger partial charge in [-0.1, -0.05) is 70.2 Å². The summed E-state index contributed by atoms with van der Waals surface area (Å²) in [6.07, 6.45) is 4.80. The summed E-state index contributed by atoms with van der Waals surface area (Å²) in [5.41, 5.74) is 3.73. The summed E-state index contributed by atoms with van der Waals surface area (Å²) < 4.78 is 5.89. The van der Waals surface area contributed by atoms with Crippen LogP contribution in [-0.2, 0) is 5.41 Å². The zero-order valence-electron chi connectivity index (χ0n) is 13.4. The van der Waals surface area contributed by atoms with Crippen molar-refractivity contribution < 1.29 is 4.74 Å². The van der Waals surface area contributed by atoms with Crippen LogP contribution in [0.5, 0.6) is 5.75 Å². The standard InChI is InChI=1S/C20H24O/c1-5-6-15-21-18-14-10-13-17(19(18)20(2,3)4)16-11-8-7-9-12-16/h6-15H,5H2,1-4H3. The quantitative estimate of drug-likeness (QED) is 0.628. The highest BCUT2D eigenvalue weighted by Gasteiger charge is 2.23. The molecule has 0 aliphatic heterocycles. The molecule has 2 aromatic rings. The summed E-state index contributed by atoms with van der Waals surface area (Å²) in [6, 6.07) is 16.8. The normalized spacial score (nSPS) is 11.8. The van der Waals surface area contributed by atoms with Gasteiger partial charge in [0.05, 0.1) is 6.26 Å². The maximum absolute atomic E-state index is 5.89. The van der Waals surface area contributed by atoms with E-state index >= 15 is 0 Å². The average Bonchev–Trinajstić information content (AvgIpc) is 2.47. The van der Waals surface area contributed by atoms with Crippen molar-refractivity contribution in [1.29, 1.82) is 0 Å². The van der Waals surface area contributed by atoms with Crippen LogP contribution < -0.4 is 4.74 Å². The third kappa shape index (κ3) is 3.75. The van der Waals surface area contributed by atoms with Crippen LogP contribution in [0.4, 0.5) is 0 Å². The average molecular weight is 280 g/mol. The Labute approximate surface area is 128 Å². The zero-order chi connectivity index (χ0) is 15.3. The number of hydrogen-bond acceptors (Lipinski definition) is 1. The highest BCUT2D eigenvalue weighted by atomic mass is 16.5. The molecule has 0 heterocycles. The molecular formula is C20H24O. The van der Waals surface area contributed by atoms with Crippen LogP contribution >= 0.6 is 0 Å². The van der Waals surface area contributed by atoms with Gasteiger partial charge in [0.15, 0.2) is 0 Å². The minimum Gasteiger partial charge on any atom is -0.465 e. The Morgan fingerprint density at radius 3 is 2.29 bits per heavy atom. The molecule has 0 saturated heterocycles. The van der Waals surface area contributed by atoms with Gasteiger partial charge in [0.25, 0.3) is 0 Å². The molecule has 0 saturated carbocycles. The maximum Gasteiger partial charge on any atom is 0.130 e. The van der Waals surface area contributed by atoms with Crippen LogP contribution in [0.2, 0.25) is 0 Å². The molecule has 1 nitrogen and oxygen atoms in total. The fourth-order valence-electron chi connectivity index (χ4n) is 2.48. The third-order valence-corrected chi connectivity index (χ3v) is 3.39. The zero-order valence-corrected chi connectivity index (χ0v) is 13.4. The molecule has 0 bridgehead atoms. The second kappa shape index (κ2) is 6.62. The molecule has 0 unspecified atom stereocenters. The van der Waals surface area contributed by atoms with Gasteiger partial charge in [0.2, 0.25) is 0 Å². The minimum absolute atomic E-state index is 0.0157. The van der Waals surface area contributed by atoms with E-state index < -0.39 is 0 Å². The second-order valence-electron chi connectivity index (χ2n) is 6.19. The van der Waals surface area contributed by atoms with Gasteiger partial charge in [0, 0.05) is 5.56 Å². The van der Waals surface area contributed by atoms with Crippen LogP contribution in [0, 0.1) is 0 Å². The van der Waals surface area contributed by atoms with Gasteiger partial charge in [-0.3, -0.25) is 0 Å². The Morgan fingerprint density at radius 2 is 1.67 bits per heavy atom. The number of rotatable bonds is 4. The lowest BCUT2D eigenvalue weighted by Gasteiger charge is -2.25. The van der Waals surface area contributed by atoms with Gasteiger partial charge in [-0.05, 0) is 35.1 Å². The summed E-state index contributed by atoms with van der Waals surface area (Å²) in [5.74, 6) is 0.938. The predicted molar refractivity (Wildman–Crippen MR) is 90.6 cm³/mol. The van der Waals surface area contributed by atoms with Crippen LogP contribution in [-0.4, -0.2) is 0 Å². The maximum atomic E-state index is 5.89. The lowest BCUT2D eigenvalue weighted by molar-refractivity contribution is 0.453. The van der Waals surface area contributed by atoms with Crippen molar-refractivity contribution in [1.82, 2.24) is 0 Å². The van der Waals surface area contributed by atoms with E-state index in [0.29, 0.717) is 0 Å². The highest BCUT2D eigenvalue weighted by Crippen LogP contribution is 2.39. The Morgan fingerprint density at radius 1 is 0.952 bits per heavy atom. The second-order valence-corrected chi connectivity index (χ2v) is 6.19. The van der Waals surface area contributed by atoms with Crippen LogP contribution in [0.25, 0.3) is 11.1 Å². The molecule has 0 radical (unpaired) electrons. The van der Waals surface area contributed by atoms with Gasteiger partial charge in [0.1, 0.15) is 5.75 Å². The number of allylic oxidation sites excluding steroid dienone is 1. The van der Waals surface area contributed by atoms with E-state index in [1.165, 1.54) is 16.7 Å². The molecule has 0 fully saturated rings. The number of ether oxygens (including phenoxy) is 1. The van der Waals surface area contributed by atoms with Crippen LogP contribution in [0.15, 0.2) is 60.9 Å². The predicted octanol–water partition coefficient (Wildman–Crippen LogP) is 5.95. The van der Waals surface area contributed by atoms with Gasteiger partial charge in [-0.2, -0.15) is 0 Å². The SMILES string of the molecule is CCC=COc1cccc(-c2ccccc2)c1C(C)(C)C. The van der Waals surface area contributed by atoms with Crippen molar-refractivity contribution in [3.05, 3.63) is 66.4 Å². The summed E-state index contributed by atoms with van der Waals surface area (Å²) in [4.78, 5) is 0. The van der Waals surface area contributed by atoms with E-state index in [1.807, 2.05) is 18.2 Å². The van der Waals surface area contributed by atoms with Gasteiger partial charge < -0.3 is 4.74 Å². The van der Waals surface area contributed by atoms with E-state index in [-0.39, 0.29) is 5.41 Å². The lowest BCUT2D eigenvalue weighted by atomic mass is 9.81. The fourth-order valence-corrected chi connectivity index (χ4v) is 2.48. The first-order valence-corrected chi connectivity index (χ1v) is 7.54. The van der Waals surface area contributed by atoms with Gasteiger partial charge in [-0.15, -0.1) is 0 Å². The molecule has 1 heteroatoms. The molecule has 0 N–H and O–H groups in total. The van der Waals surface area contributed by atoms with E-state index in [0.717, 1.165) is 12.2 Å². The van der Waals surface area contributed by atoms with Gasteiger partial charge in [-0.25, -0.2) is 0 Å². The molecule has 0 atom stereocenters. The Bertz CT molecular complexity index is 603. The van der Waals surface area contributed by atoms with Crippen molar-refractivity contribution in [3.63, 3.8) is 0 Å². The first-order chi connectivity index (χ1) is 10.0. The molecule has 0 spiro atoms. The van der Waals surface area contributed by atoms with Crippen LogP contribution in [0.3, 0.4) is 0 Å². The van der Waals surface area contributed by atoms with Crippen molar-refractivity contribution in [2.45, 2.75) is 39.5 Å². The van der Waals surface area contributed by atoms with Gasteiger partial charge >= 0.3 is 0 Å².